The molecule has 0 spiro atoms. The van der Waals surface area contributed by atoms with Crippen molar-refractivity contribution in [2.75, 3.05) is 13.1 Å². The summed E-state index contributed by atoms with van der Waals surface area (Å²) in [6, 6.07) is 0. The topological polar surface area (TPSA) is 3.24 Å². The van der Waals surface area contributed by atoms with Crippen molar-refractivity contribution in [3.63, 3.8) is 0 Å². The second kappa shape index (κ2) is 4.30. The van der Waals surface area contributed by atoms with Gasteiger partial charge >= 0.3 is 0 Å². The molecule has 0 radical (unpaired) electrons. The van der Waals surface area contributed by atoms with Gasteiger partial charge in [0.25, 0.3) is 0 Å². The number of hydrogen-bond donors (Lipinski definition) is 0. The molecule has 0 aromatic rings. The van der Waals surface area contributed by atoms with E-state index < -0.39 is 0 Å². The largest absolute Gasteiger partial charge is 0.284 e. The Kier molecular flexibility index (Phi) is 3.33. The number of hydrogen-bond acceptors (Lipinski definition) is 1. The van der Waals surface area contributed by atoms with E-state index in [0.29, 0.717) is 0 Å². The summed E-state index contributed by atoms with van der Waals surface area (Å²) in [5.74, 6) is 2.91. The average molecular weight is 175 g/mol. The third kappa shape index (κ3) is 1.84. The van der Waals surface area contributed by atoms with Crippen LogP contribution in [0.2, 0.25) is 0 Å². The molecule has 1 heteroatoms. The van der Waals surface area contributed by atoms with E-state index in [1.54, 1.807) is 0 Å². The van der Waals surface area contributed by atoms with E-state index in [2.05, 4.69) is 42.9 Å². The zero-order chi connectivity index (χ0) is 9.73. The van der Waals surface area contributed by atoms with Crippen LogP contribution in [0.3, 0.4) is 0 Å². The molecule has 1 nitrogen and oxygen atoms in total. The van der Waals surface area contributed by atoms with E-state index in [0.717, 1.165) is 19.5 Å². The van der Waals surface area contributed by atoms with Crippen molar-refractivity contribution in [2.24, 2.45) is 0 Å². The molecule has 0 aromatic heterocycles. The SMILES string of the molecule is C#CC1(N(CC)CC)C=CC=CC1. The Hall–Kier alpha value is -1.00. The van der Waals surface area contributed by atoms with Crippen molar-refractivity contribution in [1.82, 2.24) is 4.90 Å². The van der Waals surface area contributed by atoms with Crippen molar-refractivity contribution in [2.45, 2.75) is 25.8 Å². The number of rotatable bonds is 3. The Balaban J connectivity index is 2.87. The minimum atomic E-state index is -0.168. The van der Waals surface area contributed by atoms with Gasteiger partial charge in [-0.3, -0.25) is 4.90 Å². The quantitative estimate of drug-likeness (QED) is 0.594. The normalized spacial score (nSPS) is 26.3. The van der Waals surface area contributed by atoms with E-state index in [1.807, 2.05) is 6.08 Å². The van der Waals surface area contributed by atoms with Crippen LogP contribution in [0.4, 0.5) is 0 Å². The third-order valence-corrected chi connectivity index (χ3v) is 2.63. The molecule has 0 fully saturated rings. The second-order valence-electron chi connectivity index (χ2n) is 3.23. The molecule has 0 N–H and O–H groups in total. The van der Waals surface area contributed by atoms with Gasteiger partial charge in [0.1, 0.15) is 5.54 Å². The van der Waals surface area contributed by atoms with Gasteiger partial charge in [0, 0.05) is 0 Å². The van der Waals surface area contributed by atoms with E-state index in [4.69, 9.17) is 6.42 Å². The lowest BCUT2D eigenvalue weighted by molar-refractivity contribution is 0.199. The Labute approximate surface area is 81.1 Å². The molecule has 1 rings (SSSR count). The summed E-state index contributed by atoms with van der Waals surface area (Å²) in [6.07, 6.45) is 14.9. The fourth-order valence-corrected chi connectivity index (χ4v) is 1.83. The van der Waals surface area contributed by atoms with Gasteiger partial charge in [0.15, 0.2) is 0 Å². The van der Waals surface area contributed by atoms with Crippen molar-refractivity contribution in [3.8, 4) is 12.3 Å². The molecule has 1 unspecified atom stereocenters. The maximum Gasteiger partial charge on any atom is 0.105 e. The Morgan fingerprint density at radius 2 is 2.08 bits per heavy atom. The fraction of sp³-hybridized carbons (Fsp3) is 0.500. The van der Waals surface area contributed by atoms with Gasteiger partial charge in [-0.2, -0.15) is 0 Å². The van der Waals surface area contributed by atoms with Crippen LogP contribution in [0.25, 0.3) is 0 Å². The number of allylic oxidation sites excluding steroid dienone is 2. The van der Waals surface area contributed by atoms with Gasteiger partial charge in [0.05, 0.1) is 0 Å². The van der Waals surface area contributed by atoms with Gasteiger partial charge < -0.3 is 0 Å². The second-order valence-corrected chi connectivity index (χ2v) is 3.23. The van der Waals surface area contributed by atoms with Crippen LogP contribution < -0.4 is 0 Å². The molecule has 1 aliphatic rings. The van der Waals surface area contributed by atoms with Gasteiger partial charge in [-0.05, 0) is 19.5 Å². The molecule has 0 heterocycles. The number of likely N-dealkylation sites (N-methyl/N-ethyl adjacent to an activating group) is 1. The van der Waals surface area contributed by atoms with Crippen molar-refractivity contribution < 1.29 is 0 Å². The summed E-state index contributed by atoms with van der Waals surface area (Å²) in [6.45, 7) is 6.29. The molecule has 0 saturated heterocycles. The highest BCUT2D eigenvalue weighted by atomic mass is 15.2. The lowest BCUT2D eigenvalue weighted by Crippen LogP contribution is -2.46. The summed E-state index contributed by atoms with van der Waals surface area (Å²) < 4.78 is 0. The maximum atomic E-state index is 5.61. The molecule has 70 valence electrons. The molecular weight excluding hydrogens is 158 g/mol. The molecule has 0 saturated carbocycles. The van der Waals surface area contributed by atoms with Crippen molar-refractivity contribution >= 4 is 0 Å². The zero-order valence-corrected chi connectivity index (χ0v) is 8.46. The van der Waals surface area contributed by atoms with E-state index in [1.165, 1.54) is 0 Å². The zero-order valence-electron chi connectivity index (χ0n) is 8.46. The third-order valence-electron chi connectivity index (χ3n) is 2.63. The molecule has 1 atom stereocenters. The summed E-state index contributed by atoms with van der Waals surface area (Å²) in [7, 11) is 0. The van der Waals surface area contributed by atoms with Crippen LogP contribution in [0, 0.1) is 12.3 Å². The number of terminal acetylenes is 1. The molecule has 1 aliphatic carbocycles. The predicted octanol–water partition coefficient (Wildman–Crippen LogP) is 2.22. The summed E-state index contributed by atoms with van der Waals surface area (Å²) in [4.78, 5) is 2.31. The van der Waals surface area contributed by atoms with Crippen LogP contribution in [-0.2, 0) is 0 Å². The van der Waals surface area contributed by atoms with Gasteiger partial charge in [-0.1, -0.05) is 44.1 Å². The first-order valence-electron chi connectivity index (χ1n) is 4.86. The van der Waals surface area contributed by atoms with Crippen LogP contribution in [-0.4, -0.2) is 23.5 Å². The standard InChI is InChI=1S/C12H17N/c1-4-12(13(5-2)6-3)10-8-7-9-11-12/h1,7-10H,5-6,11H2,2-3H3. The highest BCUT2D eigenvalue weighted by Gasteiger charge is 2.29. The minimum Gasteiger partial charge on any atom is -0.284 e. The minimum absolute atomic E-state index is 0.168. The van der Waals surface area contributed by atoms with E-state index in [-0.39, 0.29) is 5.54 Å². The lowest BCUT2D eigenvalue weighted by Gasteiger charge is -2.37. The Bertz CT molecular complexity index is 253. The summed E-state index contributed by atoms with van der Waals surface area (Å²) >= 11 is 0. The van der Waals surface area contributed by atoms with Gasteiger partial charge in [-0.25, -0.2) is 0 Å². The first kappa shape index (κ1) is 10.1. The van der Waals surface area contributed by atoms with Crippen molar-refractivity contribution in [3.05, 3.63) is 24.3 Å². The van der Waals surface area contributed by atoms with E-state index in [9.17, 15) is 0 Å². The van der Waals surface area contributed by atoms with Gasteiger partial charge in [0.2, 0.25) is 0 Å². The monoisotopic (exact) mass is 175 g/mol. The first-order chi connectivity index (χ1) is 6.29. The fourth-order valence-electron chi connectivity index (χ4n) is 1.83. The molecule has 0 aromatic carbocycles. The summed E-state index contributed by atoms with van der Waals surface area (Å²) in [5, 5.41) is 0. The first-order valence-corrected chi connectivity index (χ1v) is 4.86. The highest BCUT2D eigenvalue weighted by molar-refractivity contribution is 5.31. The average Bonchev–Trinajstić information content (AvgIpc) is 2.21. The maximum absolute atomic E-state index is 5.61. The smallest absolute Gasteiger partial charge is 0.105 e. The van der Waals surface area contributed by atoms with E-state index >= 15 is 0 Å². The van der Waals surface area contributed by atoms with Crippen LogP contribution in [0.1, 0.15) is 20.3 Å². The number of nitrogens with zero attached hydrogens (tertiary/aromatic N) is 1. The molecule has 0 amide bonds. The van der Waals surface area contributed by atoms with Crippen LogP contribution in [0.15, 0.2) is 24.3 Å². The highest BCUT2D eigenvalue weighted by Crippen LogP contribution is 2.24. The molecule has 0 bridgehead atoms. The Morgan fingerprint density at radius 3 is 2.46 bits per heavy atom. The molecule has 13 heavy (non-hydrogen) atoms. The summed E-state index contributed by atoms with van der Waals surface area (Å²) in [5.41, 5.74) is -0.168. The lowest BCUT2D eigenvalue weighted by atomic mass is 9.90. The Morgan fingerprint density at radius 1 is 1.38 bits per heavy atom. The predicted molar refractivity (Wildman–Crippen MR) is 57.4 cm³/mol. The molecule has 0 aliphatic heterocycles. The van der Waals surface area contributed by atoms with Crippen LogP contribution in [0.5, 0.6) is 0 Å². The van der Waals surface area contributed by atoms with Crippen LogP contribution >= 0.6 is 0 Å². The molecular formula is C12H17N. The van der Waals surface area contributed by atoms with Gasteiger partial charge in [-0.15, -0.1) is 6.42 Å². The van der Waals surface area contributed by atoms with Crippen molar-refractivity contribution in [1.29, 1.82) is 0 Å².